The van der Waals surface area contributed by atoms with Crippen LogP contribution >= 0.6 is 0 Å². The fourth-order valence-corrected chi connectivity index (χ4v) is 6.29. The second kappa shape index (κ2) is 9.75. The molecule has 8 atom stereocenters. The highest BCUT2D eigenvalue weighted by atomic mass is 19.1. The van der Waals surface area contributed by atoms with Gasteiger partial charge in [-0.25, -0.2) is 4.39 Å². The summed E-state index contributed by atoms with van der Waals surface area (Å²) in [5.41, 5.74) is 2.99. The molecular formula is C28H43FO2. The van der Waals surface area contributed by atoms with Gasteiger partial charge < -0.3 is 10.2 Å². The number of fused-ring (bicyclic) bond motifs is 1. The van der Waals surface area contributed by atoms with Crippen LogP contribution in [-0.2, 0) is 0 Å². The van der Waals surface area contributed by atoms with E-state index in [1.165, 1.54) is 31.3 Å². The van der Waals surface area contributed by atoms with E-state index in [9.17, 15) is 14.6 Å². The number of allylic oxidation sites excluding steroid dienone is 5. The number of alkyl halides is 1. The fourth-order valence-electron chi connectivity index (χ4n) is 6.29. The molecule has 0 bridgehead atoms. The van der Waals surface area contributed by atoms with Crippen molar-refractivity contribution in [1.29, 1.82) is 0 Å². The molecule has 3 heteroatoms. The number of halogens is 1. The number of rotatable bonds is 5. The van der Waals surface area contributed by atoms with Crippen molar-refractivity contribution in [3.63, 3.8) is 0 Å². The van der Waals surface area contributed by atoms with Gasteiger partial charge in [0.2, 0.25) is 0 Å². The van der Waals surface area contributed by atoms with E-state index in [1.807, 2.05) is 6.08 Å². The van der Waals surface area contributed by atoms with E-state index < -0.39 is 18.4 Å². The van der Waals surface area contributed by atoms with Crippen molar-refractivity contribution in [2.45, 2.75) is 91.5 Å². The van der Waals surface area contributed by atoms with Crippen molar-refractivity contribution in [1.82, 2.24) is 0 Å². The molecule has 0 aromatic rings. The topological polar surface area (TPSA) is 40.5 Å². The van der Waals surface area contributed by atoms with Crippen molar-refractivity contribution < 1.29 is 14.6 Å². The lowest BCUT2D eigenvalue weighted by molar-refractivity contribution is -0.00417. The lowest BCUT2D eigenvalue weighted by Gasteiger charge is -2.44. The lowest BCUT2D eigenvalue weighted by Crippen LogP contribution is -2.40. The Morgan fingerprint density at radius 2 is 1.81 bits per heavy atom. The summed E-state index contributed by atoms with van der Waals surface area (Å²) < 4.78 is 13.9. The third-order valence-electron chi connectivity index (χ3n) is 8.81. The van der Waals surface area contributed by atoms with Crippen LogP contribution in [0.4, 0.5) is 4.39 Å². The molecule has 0 aromatic heterocycles. The van der Waals surface area contributed by atoms with Gasteiger partial charge in [-0.3, -0.25) is 0 Å². The first-order valence-electron chi connectivity index (χ1n) is 12.3. The summed E-state index contributed by atoms with van der Waals surface area (Å²) in [7, 11) is 0. The highest BCUT2D eigenvalue weighted by Gasteiger charge is 2.50. The first-order valence-corrected chi connectivity index (χ1v) is 12.3. The smallest absolute Gasteiger partial charge is 0.156 e. The normalized spacial score (nSPS) is 41.3. The maximum atomic E-state index is 13.9. The minimum Gasteiger partial charge on any atom is -0.390 e. The summed E-state index contributed by atoms with van der Waals surface area (Å²) in [6.45, 7) is 15.6. The molecule has 3 aliphatic carbocycles. The monoisotopic (exact) mass is 430 g/mol. The number of aliphatic hydroxyl groups is 2. The Bertz CT molecular complexity index is 748. The van der Waals surface area contributed by atoms with Gasteiger partial charge >= 0.3 is 0 Å². The van der Waals surface area contributed by atoms with Crippen molar-refractivity contribution in [2.24, 2.45) is 35.0 Å². The summed E-state index contributed by atoms with van der Waals surface area (Å²) in [5, 5.41) is 20.0. The molecule has 3 aliphatic rings. The second-order valence-corrected chi connectivity index (χ2v) is 11.1. The van der Waals surface area contributed by atoms with Crippen LogP contribution in [0.3, 0.4) is 0 Å². The number of aliphatic hydroxyl groups excluding tert-OH is 2. The van der Waals surface area contributed by atoms with Crippen LogP contribution in [-0.4, -0.2) is 28.6 Å². The van der Waals surface area contributed by atoms with E-state index in [2.05, 4.69) is 59.4 Å². The molecule has 174 valence electrons. The molecule has 0 spiro atoms. The van der Waals surface area contributed by atoms with Crippen LogP contribution < -0.4 is 0 Å². The van der Waals surface area contributed by atoms with E-state index in [-0.39, 0.29) is 6.42 Å². The zero-order valence-electron chi connectivity index (χ0n) is 20.2. The number of hydrogen-bond acceptors (Lipinski definition) is 2. The largest absolute Gasteiger partial charge is 0.390 e. The predicted octanol–water partition coefficient (Wildman–Crippen LogP) is 6.56. The molecule has 0 heterocycles. The van der Waals surface area contributed by atoms with Crippen molar-refractivity contribution >= 4 is 0 Å². The molecule has 3 saturated carbocycles. The van der Waals surface area contributed by atoms with Gasteiger partial charge in [0, 0.05) is 6.42 Å². The van der Waals surface area contributed by atoms with Gasteiger partial charge in [-0.2, -0.15) is 0 Å². The van der Waals surface area contributed by atoms with Gasteiger partial charge in [-0.05, 0) is 78.3 Å². The number of hydrogen-bond donors (Lipinski definition) is 2. The molecule has 0 aliphatic heterocycles. The SMILES string of the molecule is C=C1C(=CC=C2CCC[C@@]3(C)C2CC[C@@H]3[C@H](C)/C=C/[C@H](C)C(C)C)C[C@@H](O)[C@@H](F)C1O. The Balaban J connectivity index is 1.77. The second-order valence-electron chi connectivity index (χ2n) is 11.1. The summed E-state index contributed by atoms with van der Waals surface area (Å²) in [6, 6.07) is 0. The Kier molecular flexibility index (Phi) is 7.69. The van der Waals surface area contributed by atoms with Crippen molar-refractivity contribution in [2.75, 3.05) is 0 Å². The van der Waals surface area contributed by atoms with Gasteiger partial charge in [-0.1, -0.05) is 71.1 Å². The third kappa shape index (κ3) is 4.93. The molecule has 2 unspecified atom stereocenters. The first-order chi connectivity index (χ1) is 14.6. The van der Waals surface area contributed by atoms with Crippen LogP contribution in [0.15, 0.2) is 47.6 Å². The molecule has 0 amide bonds. The van der Waals surface area contributed by atoms with E-state index in [1.54, 1.807) is 0 Å². The highest BCUT2D eigenvalue weighted by Crippen LogP contribution is 2.59. The Morgan fingerprint density at radius 3 is 2.48 bits per heavy atom. The van der Waals surface area contributed by atoms with Crippen molar-refractivity contribution in [3.8, 4) is 0 Å². The highest BCUT2D eigenvalue weighted by molar-refractivity contribution is 5.40. The summed E-state index contributed by atoms with van der Waals surface area (Å²) in [6.07, 6.45) is 11.3. The average molecular weight is 431 g/mol. The Morgan fingerprint density at radius 1 is 1.10 bits per heavy atom. The standard InChI is InChI=1S/C28H43FO2/c1-17(2)18(3)9-10-19(4)23-13-14-24-21(8-7-15-28(23,24)6)11-12-22-16-25(30)26(29)27(31)20(22)5/h9-12,17-19,23-27,30-31H,5,7-8,13-16H2,1-4,6H3/b10-9+,21-11?,22-12?/t18-,19+,23+,24?,25+,26+,27?,28+/m0/s1. The molecular weight excluding hydrogens is 387 g/mol. The van der Waals surface area contributed by atoms with Gasteiger partial charge in [0.15, 0.2) is 6.17 Å². The Hall–Kier alpha value is -1.19. The lowest BCUT2D eigenvalue weighted by atomic mass is 9.61. The molecule has 3 rings (SSSR count). The summed E-state index contributed by atoms with van der Waals surface area (Å²) in [4.78, 5) is 0. The fraction of sp³-hybridized carbons (Fsp3) is 0.714. The van der Waals surface area contributed by atoms with Crippen LogP contribution in [0.2, 0.25) is 0 Å². The van der Waals surface area contributed by atoms with Crippen LogP contribution in [0.1, 0.15) is 73.1 Å². The summed E-state index contributed by atoms with van der Waals surface area (Å²) >= 11 is 0. The molecule has 2 nitrogen and oxygen atoms in total. The van der Waals surface area contributed by atoms with Gasteiger partial charge in [-0.15, -0.1) is 0 Å². The van der Waals surface area contributed by atoms with Crippen LogP contribution in [0.25, 0.3) is 0 Å². The van der Waals surface area contributed by atoms with Crippen molar-refractivity contribution in [3.05, 3.63) is 47.6 Å². The van der Waals surface area contributed by atoms with E-state index in [4.69, 9.17) is 0 Å². The average Bonchev–Trinajstić information content (AvgIpc) is 3.09. The third-order valence-corrected chi connectivity index (χ3v) is 8.81. The maximum Gasteiger partial charge on any atom is 0.156 e. The van der Waals surface area contributed by atoms with Gasteiger partial charge in [0.25, 0.3) is 0 Å². The van der Waals surface area contributed by atoms with Gasteiger partial charge in [0.1, 0.15) is 6.10 Å². The van der Waals surface area contributed by atoms with E-state index in [0.29, 0.717) is 40.6 Å². The Labute approximate surface area is 189 Å². The molecule has 0 saturated heterocycles. The van der Waals surface area contributed by atoms with E-state index in [0.717, 1.165) is 12.0 Å². The summed E-state index contributed by atoms with van der Waals surface area (Å²) in [5.74, 6) is 3.15. The molecule has 0 radical (unpaired) electrons. The minimum absolute atomic E-state index is 0.223. The van der Waals surface area contributed by atoms with E-state index >= 15 is 0 Å². The van der Waals surface area contributed by atoms with Crippen LogP contribution in [0, 0.1) is 35.0 Å². The molecule has 0 aromatic carbocycles. The zero-order chi connectivity index (χ0) is 22.9. The van der Waals surface area contributed by atoms with Gasteiger partial charge in [0.05, 0.1) is 6.10 Å². The predicted molar refractivity (Wildman–Crippen MR) is 127 cm³/mol. The molecule has 3 fully saturated rings. The molecule has 2 N–H and O–H groups in total. The zero-order valence-corrected chi connectivity index (χ0v) is 20.2. The minimum atomic E-state index is -1.64. The maximum absolute atomic E-state index is 13.9. The van der Waals surface area contributed by atoms with Crippen LogP contribution in [0.5, 0.6) is 0 Å². The quantitative estimate of drug-likeness (QED) is 0.485. The molecule has 31 heavy (non-hydrogen) atoms. The first kappa shape index (κ1) is 24.5.